The molecule has 0 saturated heterocycles. The second kappa shape index (κ2) is 9.61. The number of halogens is 1. The lowest BCUT2D eigenvalue weighted by Gasteiger charge is -2.14. The van der Waals surface area contributed by atoms with Crippen molar-refractivity contribution in [2.45, 2.75) is 13.3 Å². The van der Waals surface area contributed by atoms with Crippen molar-refractivity contribution in [1.29, 1.82) is 0 Å². The van der Waals surface area contributed by atoms with Crippen LogP contribution in [0, 0.1) is 0 Å². The molecule has 25 heavy (non-hydrogen) atoms. The molecule has 0 radical (unpaired) electrons. The highest BCUT2D eigenvalue weighted by Gasteiger charge is 2.18. The van der Waals surface area contributed by atoms with Gasteiger partial charge in [0.15, 0.2) is 0 Å². The topological polar surface area (TPSA) is 50.4 Å². The molecule has 2 aromatic rings. The lowest BCUT2D eigenvalue weighted by molar-refractivity contribution is 0.0957. The van der Waals surface area contributed by atoms with Crippen molar-refractivity contribution in [2.75, 3.05) is 26.2 Å². The van der Waals surface area contributed by atoms with Crippen molar-refractivity contribution < 1.29 is 9.53 Å². The summed E-state index contributed by atoms with van der Waals surface area (Å²) < 4.78 is 5.68. The first-order chi connectivity index (χ1) is 11.8. The SMILES string of the molecule is CCOc1cc(-c2ccccc2)sc1C(=O)NCC1=CCNCC1.Cl. The van der Waals surface area contributed by atoms with Crippen LogP contribution in [0.4, 0.5) is 0 Å². The van der Waals surface area contributed by atoms with E-state index >= 15 is 0 Å². The van der Waals surface area contributed by atoms with E-state index in [-0.39, 0.29) is 18.3 Å². The molecule has 6 heteroatoms. The Morgan fingerprint density at radius 3 is 2.80 bits per heavy atom. The van der Waals surface area contributed by atoms with Gasteiger partial charge in [0.05, 0.1) is 6.61 Å². The molecule has 134 valence electrons. The Balaban J connectivity index is 0.00000225. The fourth-order valence-electron chi connectivity index (χ4n) is 2.64. The third-order valence-corrected chi connectivity index (χ3v) is 5.06. The average Bonchev–Trinajstić information content (AvgIpc) is 3.06. The van der Waals surface area contributed by atoms with Gasteiger partial charge in [-0.15, -0.1) is 23.7 Å². The molecule has 0 fully saturated rings. The minimum Gasteiger partial charge on any atom is -0.492 e. The number of nitrogens with one attached hydrogen (secondary N) is 2. The first-order valence-electron chi connectivity index (χ1n) is 8.27. The Morgan fingerprint density at radius 1 is 1.32 bits per heavy atom. The summed E-state index contributed by atoms with van der Waals surface area (Å²) in [6.07, 6.45) is 3.13. The molecule has 1 aliphatic heterocycles. The number of carbonyl (C=O) groups is 1. The molecule has 4 nitrogen and oxygen atoms in total. The second-order valence-electron chi connectivity index (χ2n) is 5.60. The van der Waals surface area contributed by atoms with Crippen LogP contribution >= 0.6 is 23.7 Å². The van der Waals surface area contributed by atoms with E-state index in [0.29, 0.717) is 23.8 Å². The summed E-state index contributed by atoms with van der Waals surface area (Å²) in [4.78, 5) is 14.3. The zero-order valence-corrected chi connectivity index (χ0v) is 15.8. The molecular formula is C19H23ClN2O2S. The van der Waals surface area contributed by atoms with Crippen LogP contribution < -0.4 is 15.4 Å². The predicted molar refractivity (Wildman–Crippen MR) is 106 cm³/mol. The zero-order valence-electron chi connectivity index (χ0n) is 14.2. The van der Waals surface area contributed by atoms with Crippen molar-refractivity contribution in [2.24, 2.45) is 0 Å². The fraction of sp³-hybridized carbons (Fsp3) is 0.316. The third kappa shape index (κ3) is 5.08. The largest absolute Gasteiger partial charge is 0.492 e. The Kier molecular flexibility index (Phi) is 7.50. The number of ether oxygens (including phenoxy) is 1. The van der Waals surface area contributed by atoms with E-state index in [1.807, 2.05) is 43.3 Å². The summed E-state index contributed by atoms with van der Waals surface area (Å²) in [6, 6.07) is 12.0. The van der Waals surface area contributed by atoms with Gasteiger partial charge in [0, 0.05) is 18.0 Å². The predicted octanol–water partition coefficient (Wildman–Crippen LogP) is 3.89. The van der Waals surface area contributed by atoms with Crippen molar-refractivity contribution in [3.8, 4) is 16.2 Å². The molecule has 0 atom stereocenters. The molecule has 0 bridgehead atoms. The standard InChI is InChI=1S/C19H22N2O2S.ClH/c1-2-23-16-12-17(15-6-4-3-5-7-15)24-18(16)19(22)21-13-14-8-10-20-11-9-14;/h3-8,12,20H,2,9-11,13H2,1H3,(H,21,22);1H. The third-order valence-electron chi connectivity index (χ3n) is 3.90. The maximum atomic E-state index is 12.6. The first kappa shape index (κ1) is 19.5. The average molecular weight is 379 g/mol. The molecule has 2 heterocycles. The van der Waals surface area contributed by atoms with E-state index in [1.54, 1.807) is 0 Å². The molecule has 0 aliphatic carbocycles. The van der Waals surface area contributed by atoms with Crippen LogP contribution in [0.3, 0.4) is 0 Å². The van der Waals surface area contributed by atoms with Crippen LogP contribution in [0.15, 0.2) is 48.0 Å². The molecular weight excluding hydrogens is 356 g/mol. The van der Waals surface area contributed by atoms with Gasteiger partial charge >= 0.3 is 0 Å². The van der Waals surface area contributed by atoms with Crippen molar-refractivity contribution in [3.05, 3.63) is 52.9 Å². The van der Waals surface area contributed by atoms with Gasteiger partial charge in [-0.05, 0) is 31.5 Å². The summed E-state index contributed by atoms with van der Waals surface area (Å²) in [5.41, 5.74) is 2.38. The molecule has 3 rings (SSSR count). The van der Waals surface area contributed by atoms with E-state index in [2.05, 4.69) is 16.7 Å². The molecule has 0 unspecified atom stereocenters. The number of hydrogen-bond donors (Lipinski definition) is 2. The minimum absolute atomic E-state index is 0. The smallest absolute Gasteiger partial charge is 0.265 e. The van der Waals surface area contributed by atoms with E-state index in [1.165, 1.54) is 16.9 Å². The van der Waals surface area contributed by atoms with Crippen LogP contribution in [-0.4, -0.2) is 32.1 Å². The molecule has 1 aromatic heterocycles. The molecule has 0 spiro atoms. The highest BCUT2D eigenvalue weighted by molar-refractivity contribution is 7.17. The van der Waals surface area contributed by atoms with Gasteiger partial charge in [0.2, 0.25) is 0 Å². The second-order valence-corrected chi connectivity index (χ2v) is 6.65. The van der Waals surface area contributed by atoms with Gasteiger partial charge in [-0.2, -0.15) is 0 Å². The zero-order chi connectivity index (χ0) is 16.8. The van der Waals surface area contributed by atoms with Gasteiger partial charge in [0.25, 0.3) is 5.91 Å². The van der Waals surface area contributed by atoms with Gasteiger partial charge in [-0.3, -0.25) is 4.79 Å². The highest BCUT2D eigenvalue weighted by Crippen LogP contribution is 2.36. The molecule has 2 N–H and O–H groups in total. The van der Waals surface area contributed by atoms with Crippen LogP contribution in [0.5, 0.6) is 5.75 Å². The Morgan fingerprint density at radius 2 is 2.12 bits per heavy atom. The van der Waals surface area contributed by atoms with Gasteiger partial charge in [-0.1, -0.05) is 42.0 Å². The normalized spacial score (nSPS) is 13.6. The summed E-state index contributed by atoms with van der Waals surface area (Å²) in [5.74, 6) is 0.600. The molecule has 1 aliphatic rings. The number of rotatable bonds is 6. The molecule has 1 aromatic carbocycles. The van der Waals surface area contributed by atoms with Crippen LogP contribution in [0.1, 0.15) is 23.0 Å². The van der Waals surface area contributed by atoms with Crippen molar-refractivity contribution in [3.63, 3.8) is 0 Å². The minimum atomic E-state index is -0.0648. The summed E-state index contributed by atoms with van der Waals surface area (Å²) in [5, 5.41) is 6.30. The lowest BCUT2D eigenvalue weighted by atomic mass is 10.1. The number of benzene rings is 1. The van der Waals surface area contributed by atoms with E-state index in [4.69, 9.17) is 4.74 Å². The maximum Gasteiger partial charge on any atom is 0.265 e. The maximum absolute atomic E-state index is 12.6. The first-order valence-corrected chi connectivity index (χ1v) is 9.08. The quantitative estimate of drug-likeness (QED) is 0.750. The molecule has 0 saturated carbocycles. The monoisotopic (exact) mass is 378 g/mol. The van der Waals surface area contributed by atoms with Crippen molar-refractivity contribution >= 4 is 29.7 Å². The summed E-state index contributed by atoms with van der Waals surface area (Å²) in [6.45, 7) is 4.93. The Bertz CT molecular complexity index is 728. The summed E-state index contributed by atoms with van der Waals surface area (Å²) in [7, 11) is 0. The lowest BCUT2D eigenvalue weighted by Crippen LogP contribution is -2.29. The number of hydrogen-bond acceptors (Lipinski definition) is 4. The van der Waals surface area contributed by atoms with E-state index < -0.39 is 0 Å². The van der Waals surface area contributed by atoms with E-state index in [9.17, 15) is 4.79 Å². The van der Waals surface area contributed by atoms with Gasteiger partial charge in [0.1, 0.15) is 10.6 Å². The van der Waals surface area contributed by atoms with Crippen LogP contribution in [0.2, 0.25) is 0 Å². The van der Waals surface area contributed by atoms with Gasteiger partial charge < -0.3 is 15.4 Å². The molecule has 1 amide bonds. The van der Waals surface area contributed by atoms with Gasteiger partial charge in [-0.25, -0.2) is 0 Å². The van der Waals surface area contributed by atoms with E-state index in [0.717, 1.165) is 30.0 Å². The van der Waals surface area contributed by atoms with Crippen LogP contribution in [0.25, 0.3) is 10.4 Å². The Labute approximate surface area is 158 Å². The highest BCUT2D eigenvalue weighted by atomic mass is 35.5. The fourth-order valence-corrected chi connectivity index (χ4v) is 3.67. The number of carbonyl (C=O) groups excluding carboxylic acids is 1. The Hall–Kier alpha value is -1.82. The summed E-state index contributed by atoms with van der Waals surface area (Å²) >= 11 is 1.48. The van der Waals surface area contributed by atoms with Crippen molar-refractivity contribution in [1.82, 2.24) is 10.6 Å². The number of thiophene rings is 1. The number of amides is 1. The van der Waals surface area contributed by atoms with Crippen LogP contribution in [-0.2, 0) is 0 Å².